The predicted octanol–water partition coefficient (Wildman–Crippen LogP) is 2.00. The van der Waals surface area contributed by atoms with Crippen molar-refractivity contribution in [1.29, 1.82) is 0 Å². The summed E-state index contributed by atoms with van der Waals surface area (Å²) >= 11 is 1.32. The van der Waals surface area contributed by atoms with Gasteiger partial charge in [0.15, 0.2) is 0 Å². The van der Waals surface area contributed by atoms with E-state index in [9.17, 15) is 4.79 Å². The lowest BCUT2D eigenvalue weighted by molar-refractivity contribution is -0.117. The topological polar surface area (TPSA) is 75.9 Å². The lowest BCUT2D eigenvalue weighted by Gasteiger charge is -2.16. The monoisotopic (exact) mass is 334 g/mol. The van der Waals surface area contributed by atoms with Crippen LogP contribution in [-0.4, -0.2) is 37.6 Å². The van der Waals surface area contributed by atoms with Gasteiger partial charge >= 0.3 is 0 Å². The molecule has 1 amide bonds. The number of amides is 1. The van der Waals surface area contributed by atoms with Crippen molar-refractivity contribution in [3.8, 4) is 0 Å². The van der Waals surface area contributed by atoms with Crippen LogP contribution in [0.4, 0.5) is 10.9 Å². The van der Waals surface area contributed by atoms with Crippen molar-refractivity contribution >= 4 is 28.4 Å². The van der Waals surface area contributed by atoms with Crippen LogP contribution in [0.1, 0.15) is 31.8 Å². The van der Waals surface area contributed by atoms with Gasteiger partial charge in [-0.25, -0.2) is 4.98 Å². The first-order valence-electron chi connectivity index (χ1n) is 7.85. The zero-order valence-corrected chi connectivity index (χ0v) is 14.7. The minimum absolute atomic E-state index is 0.0635. The highest BCUT2D eigenvalue weighted by Crippen LogP contribution is 2.24. The highest BCUT2D eigenvalue weighted by Gasteiger charge is 2.34. The lowest BCUT2D eigenvalue weighted by Crippen LogP contribution is -2.34. The largest absolute Gasteiger partial charge is 0.348 e. The van der Waals surface area contributed by atoms with Gasteiger partial charge in [-0.3, -0.25) is 14.4 Å². The van der Waals surface area contributed by atoms with Crippen molar-refractivity contribution < 1.29 is 4.79 Å². The average molecular weight is 334 g/mol. The van der Waals surface area contributed by atoms with E-state index in [-0.39, 0.29) is 11.9 Å². The number of aromatic nitrogens is 4. The number of nitrogens with one attached hydrogen (secondary N) is 1. The van der Waals surface area contributed by atoms with E-state index < -0.39 is 0 Å². The Morgan fingerprint density at radius 3 is 2.91 bits per heavy atom. The minimum atomic E-state index is -0.245. The van der Waals surface area contributed by atoms with Gasteiger partial charge in [-0.2, -0.15) is 9.47 Å². The molecule has 0 saturated carbocycles. The first-order chi connectivity index (χ1) is 10.9. The van der Waals surface area contributed by atoms with Crippen LogP contribution in [0.15, 0.2) is 6.07 Å². The van der Waals surface area contributed by atoms with E-state index in [2.05, 4.69) is 33.6 Å². The molecule has 1 aliphatic rings. The highest BCUT2D eigenvalue weighted by atomic mass is 32.1. The average Bonchev–Trinajstić information content (AvgIpc) is 3.12. The molecule has 23 heavy (non-hydrogen) atoms. The fourth-order valence-corrected chi connectivity index (χ4v) is 3.45. The molecule has 0 aliphatic carbocycles. The fraction of sp³-hybridized carbons (Fsp3) is 0.600. The van der Waals surface area contributed by atoms with Crippen molar-refractivity contribution in [2.45, 2.75) is 39.7 Å². The zero-order chi connectivity index (χ0) is 16.6. The third-order valence-corrected chi connectivity index (χ3v) is 4.50. The van der Waals surface area contributed by atoms with Crippen LogP contribution in [0.3, 0.4) is 0 Å². The molecule has 7 nitrogen and oxygen atoms in total. The van der Waals surface area contributed by atoms with Crippen LogP contribution < -0.4 is 10.2 Å². The molecule has 1 fully saturated rings. The van der Waals surface area contributed by atoms with Crippen molar-refractivity contribution in [2.24, 2.45) is 13.0 Å². The van der Waals surface area contributed by atoms with E-state index in [0.29, 0.717) is 12.5 Å². The molecule has 2 aromatic heterocycles. The van der Waals surface area contributed by atoms with Gasteiger partial charge < -0.3 is 5.32 Å². The highest BCUT2D eigenvalue weighted by molar-refractivity contribution is 7.09. The van der Waals surface area contributed by atoms with Crippen LogP contribution in [0.2, 0.25) is 0 Å². The number of anilines is 2. The maximum absolute atomic E-state index is 12.6. The number of carbonyl (C=O) groups is 1. The normalized spacial score (nSPS) is 18.2. The molecule has 1 aliphatic heterocycles. The first-order valence-corrected chi connectivity index (χ1v) is 8.62. The smallest absolute Gasteiger partial charge is 0.250 e. The Morgan fingerprint density at radius 1 is 1.48 bits per heavy atom. The molecule has 0 aromatic carbocycles. The summed E-state index contributed by atoms with van der Waals surface area (Å²) in [6.07, 6.45) is 1.61. The number of rotatable bonds is 5. The van der Waals surface area contributed by atoms with Gasteiger partial charge in [0, 0.05) is 37.6 Å². The third kappa shape index (κ3) is 3.36. The summed E-state index contributed by atoms with van der Waals surface area (Å²) in [6, 6.07) is 1.69. The Labute approximate surface area is 139 Å². The lowest BCUT2D eigenvalue weighted by atomic mass is 10.1. The van der Waals surface area contributed by atoms with Crippen LogP contribution in [0.5, 0.6) is 0 Å². The summed E-state index contributed by atoms with van der Waals surface area (Å²) in [7, 11) is 1.86. The van der Waals surface area contributed by atoms with E-state index in [1.165, 1.54) is 11.5 Å². The maximum atomic E-state index is 12.6. The molecule has 3 heterocycles. The molecule has 1 atom stereocenters. The van der Waals surface area contributed by atoms with Gasteiger partial charge in [-0.15, -0.1) is 0 Å². The van der Waals surface area contributed by atoms with Crippen LogP contribution in [0.25, 0.3) is 0 Å². The summed E-state index contributed by atoms with van der Waals surface area (Å²) in [5.41, 5.74) is 0.911. The predicted molar refractivity (Wildman–Crippen MR) is 90.8 cm³/mol. The number of nitrogens with zero attached hydrogens (tertiary/aromatic N) is 5. The summed E-state index contributed by atoms with van der Waals surface area (Å²) in [6.45, 7) is 6.90. The standard InChI is InChI=1S/C15H22N6OS/c1-9(2)7-12-17-15(23-19-12)16-11-5-6-21(14(11)22)13-8-10(3)18-20(13)4/h8-9,11H,5-7H2,1-4H3,(H,16,17,19). The summed E-state index contributed by atoms with van der Waals surface area (Å²) in [4.78, 5) is 18.9. The molecule has 1 unspecified atom stereocenters. The van der Waals surface area contributed by atoms with Crippen LogP contribution in [0, 0.1) is 12.8 Å². The SMILES string of the molecule is Cc1cc(N2CCC(Nc3nc(CC(C)C)ns3)C2=O)n(C)n1. The molecular weight excluding hydrogens is 312 g/mol. The van der Waals surface area contributed by atoms with E-state index in [4.69, 9.17) is 0 Å². The molecule has 124 valence electrons. The zero-order valence-electron chi connectivity index (χ0n) is 13.9. The number of carbonyl (C=O) groups excluding carboxylic acids is 1. The second-order valence-electron chi connectivity index (χ2n) is 6.36. The van der Waals surface area contributed by atoms with Gasteiger partial charge in [0.25, 0.3) is 5.91 Å². The van der Waals surface area contributed by atoms with Gasteiger partial charge in [0.1, 0.15) is 17.7 Å². The fourth-order valence-electron chi connectivity index (χ4n) is 2.80. The Hall–Kier alpha value is -1.96. The molecule has 0 radical (unpaired) electrons. The van der Waals surface area contributed by atoms with Crippen LogP contribution >= 0.6 is 11.5 Å². The Kier molecular flexibility index (Phi) is 4.34. The summed E-state index contributed by atoms with van der Waals surface area (Å²) < 4.78 is 6.10. The Morgan fingerprint density at radius 2 is 2.26 bits per heavy atom. The van der Waals surface area contributed by atoms with Crippen molar-refractivity contribution in [1.82, 2.24) is 19.1 Å². The summed E-state index contributed by atoms with van der Waals surface area (Å²) in [5, 5.41) is 8.27. The molecule has 3 rings (SSSR count). The molecule has 2 aromatic rings. The number of aryl methyl sites for hydroxylation is 2. The first kappa shape index (κ1) is 15.9. The van der Waals surface area contributed by atoms with Crippen molar-refractivity contribution in [2.75, 3.05) is 16.8 Å². The Bertz CT molecular complexity index is 707. The van der Waals surface area contributed by atoms with Gasteiger partial charge in [0.2, 0.25) is 5.13 Å². The second kappa shape index (κ2) is 6.27. The van der Waals surface area contributed by atoms with Gasteiger partial charge in [0.05, 0.1) is 5.69 Å². The second-order valence-corrected chi connectivity index (χ2v) is 7.11. The van der Waals surface area contributed by atoms with Gasteiger partial charge in [-0.1, -0.05) is 13.8 Å². The molecular formula is C15H22N6OS. The molecule has 1 saturated heterocycles. The van der Waals surface area contributed by atoms with E-state index >= 15 is 0 Å². The molecule has 1 N–H and O–H groups in total. The summed E-state index contributed by atoms with van der Waals surface area (Å²) in [5.74, 6) is 2.27. The number of hydrogen-bond donors (Lipinski definition) is 1. The molecule has 0 bridgehead atoms. The minimum Gasteiger partial charge on any atom is -0.348 e. The van der Waals surface area contributed by atoms with Crippen molar-refractivity contribution in [3.05, 3.63) is 17.6 Å². The molecule has 0 spiro atoms. The van der Waals surface area contributed by atoms with Gasteiger partial charge in [-0.05, 0) is 19.3 Å². The third-order valence-electron chi connectivity index (χ3n) is 3.82. The van der Waals surface area contributed by atoms with E-state index in [0.717, 1.165) is 35.3 Å². The quantitative estimate of drug-likeness (QED) is 0.905. The number of hydrogen-bond acceptors (Lipinski definition) is 6. The van der Waals surface area contributed by atoms with E-state index in [1.807, 2.05) is 20.0 Å². The van der Waals surface area contributed by atoms with Crippen LogP contribution in [-0.2, 0) is 18.3 Å². The van der Waals surface area contributed by atoms with Crippen molar-refractivity contribution in [3.63, 3.8) is 0 Å². The van der Waals surface area contributed by atoms with E-state index in [1.54, 1.807) is 9.58 Å². The maximum Gasteiger partial charge on any atom is 0.250 e. The Balaban J connectivity index is 1.67. The molecule has 8 heteroatoms.